The molecule has 0 aliphatic carbocycles. The summed E-state index contributed by atoms with van der Waals surface area (Å²) < 4.78 is 54.4. The number of carbonyl (C=O) groups is 1. The number of nitrogens with zero attached hydrogens (tertiary/aromatic N) is 3. The first-order valence-electron chi connectivity index (χ1n) is 9.63. The average Bonchev–Trinajstić information content (AvgIpc) is 3.23. The number of piperidine rings is 1. The molecule has 1 unspecified atom stereocenters. The van der Waals surface area contributed by atoms with Gasteiger partial charge < -0.3 is 9.80 Å². The van der Waals surface area contributed by atoms with Gasteiger partial charge in [-0.2, -0.15) is 8.42 Å². The number of benzene rings is 1. The van der Waals surface area contributed by atoms with E-state index in [1.165, 1.54) is 6.07 Å². The summed E-state index contributed by atoms with van der Waals surface area (Å²) in [6, 6.07) is 5.86. The Bertz CT molecular complexity index is 1070. The van der Waals surface area contributed by atoms with E-state index in [1.807, 2.05) is 0 Å². The van der Waals surface area contributed by atoms with Crippen LogP contribution in [0.1, 0.15) is 31.2 Å². The molecule has 11 heteroatoms. The maximum absolute atomic E-state index is 13.3. The lowest BCUT2D eigenvalue weighted by Crippen LogP contribution is -2.54. The molecule has 3 aliphatic heterocycles. The molecule has 2 atom stereocenters. The summed E-state index contributed by atoms with van der Waals surface area (Å²) in [4.78, 5) is 16.9. The van der Waals surface area contributed by atoms with E-state index in [0.717, 1.165) is 12.7 Å². The number of amides is 1. The van der Waals surface area contributed by atoms with Crippen molar-refractivity contribution in [3.05, 3.63) is 29.8 Å². The highest BCUT2D eigenvalue weighted by atomic mass is 32.2. The van der Waals surface area contributed by atoms with Crippen LogP contribution in [0.3, 0.4) is 0 Å². The lowest BCUT2D eigenvalue weighted by atomic mass is 10.0. The Hall–Kier alpha value is -1.98. The summed E-state index contributed by atoms with van der Waals surface area (Å²) in [5.74, 6) is 0.228. The molecule has 0 spiro atoms. The number of rotatable bonds is 3. The summed E-state index contributed by atoms with van der Waals surface area (Å²) in [7, 11) is -7.10. The second-order valence-corrected chi connectivity index (χ2v) is 11.1. The molecular weight excluding hydrogens is 416 g/mol. The topological polar surface area (TPSA) is 116 Å². The van der Waals surface area contributed by atoms with Crippen LogP contribution in [0, 0.1) is 0 Å². The number of fused-ring (bicyclic) bond motifs is 1. The lowest BCUT2D eigenvalue weighted by Gasteiger charge is -2.36. The molecule has 0 aromatic heterocycles. The Labute approximate surface area is 170 Å². The number of amidine groups is 1. The van der Waals surface area contributed by atoms with Crippen molar-refractivity contribution in [3.63, 3.8) is 0 Å². The van der Waals surface area contributed by atoms with Crippen LogP contribution in [0.4, 0.5) is 0 Å². The van der Waals surface area contributed by atoms with Crippen molar-refractivity contribution in [2.45, 2.75) is 42.7 Å². The van der Waals surface area contributed by atoms with Crippen molar-refractivity contribution in [1.29, 1.82) is 0 Å². The van der Waals surface area contributed by atoms with Crippen LogP contribution >= 0.6 is 0 Å². The van der Waals surface area contributed by atoms with Crippen LogP contribution < -0.4 is 4.72 Å². The Morgan fingerprint density at radius 1 is 1.17 bits per heavy atom. The van der Waals surface area contributed by atoms with Gasteiger partial charge in [0.1, 0.15) is 10.9 Å². The van der Waals surface area contributed by atoms with Crippen molar-refractivity contribution in [2.75, 3.05) is 25.9 Å². The molecule has 1 aromatic carbocycles. The van der Waals surface area contributed by atoms with E-state index in [9.17, 15) is 21.6 Å². The zero-order valence-electron chi connectivity index (χ0n) is 16.1. The SMILES string of the molecule is CS(=O)(=O)NC1CCCN(C(=O)[C@@H]2CCCN2C2=NS(=O)(=O)c3ccccc32)C1. The number of sulfonamides is 2. The Morgan fingerprint density at radius 3 is 2.66 bits per heavy atom. The fourth-order valence-corrected chi connectivity index (χ4v) is 6.37. The van der Waals surface area contributed by atoms with Crippen molar-refractivity contribution >= 4 is 31.8 Å². The fourth-order valence-electron chi connectivity index (χ4n) is 4.36. The van der Waals surface area contributed by atoms with Crippen molar-refractivity contribution in [2.24, 2.45) is 4.40 Å². The maximum Gasteiger partial charge on any atom is 0.285 e. The first-order chi connectivity index (χ1) is 13.7. The van der Waals surface area contributed by atoms with Crippen LogP contribution in [-0.4, -0.2) is 76.4 Å². The number of carbonyl (C=O) groups excluding carboxylic acids is 1. The second kappa shape index (κ2) is 7.37. The average molecular weight is 441 g/mol. The maximum atomic E-state index is 13.3. The van der Waals surface area contributed by atoms with Gasteiger partial charge in [-0.25, -0.2) is 13.1 Å². The smallest absolute Gasteiger partial charge is 0.285 e. The number of hydrogen-bond donors (Lipinski definition) is 1. The highest BCUT2D eigenvalue weighted by molar-refractivity contribution is 7.90. The Balaban J connectivity index is 1.56. The van der Waals surface area contributed by atoms with Crippen LogP contribution in [-0.2, 0) is 24.8 Å². The molecule has 0 bridgehead atoms. The molecule has 3 aliphatic rings. The van der Waals surface area contributed by atoms with E-state index >= 15 is 0 Å². The van der Waals surface area contributed by atoms with Gasteiger partial charge in [-0.15, -0.1) is 4.40 Å². The number of likely N-dealkylation sites (tertiary alicyclic amines) is 2. The van der Waals surface area contributed by atoms with Gasteiger partial charge in [0.15, 0.2) is 5.84 Å². The minimum Gasteiger partial charge on any atom is -0.343 e. The predicted molar refractivity (Wildman–Crippen MR) is 107 cm³/mol. The van der Waals surface area contributed by atoms with E-state index in [0.29, 0.717) is 50.3 Å². The van der Waals surface area contributed by atoms with Crippen LogP contribution in [0.25, 0.3) is 0 Å². The van der Waals surface area contributed by atoms with Gasteiger partial charge in [0.25, 0.3) is 10.0 Å². The molecule has 2 fully saturated rings. The third kappa shape index (κ3) is 4.03. The summed E-state index contributed by atoms with van der Waals surface area (Å²) in [6.45, 7) is 1.43. The van der Waals surface area contributed by atoms with E-state index in [2.05, 4.69) is 9.12 Å². The molecule has 0 radical (unpaired) electrons. The van der Waals surface area contributed by atoms with Crippen molar-refractivity contribution in [3.8, 4) is 0 Å². The number of hydrogen-bond acceptors (Lipinski definition) is 6. The zero-order valence-corrected chi connectivity index (χ0v) is 17.7. The quantitative estimate of drug-likeness (QED) is 0.715. The molecule has 1 amide bonds. The molecule has 2 saturated heterocycles. The third-order valence-electron chi connectivity index (χ3n) is 5.54. The Kier molecular flexibility index (Phi) is 5.16. The molecule has 1 aromatic rings. The van der Waals surface area contributed by atoms with Gasteiger partial charge in [-0.05, 0) is 37.8 Å². The molecule has 29 heavy (non-hydrogen) atoms. The number of nitrogens with one attached hydrogen (secondary N) is 1. The lowest BCUT2D eigenvalue weighted by molar-refractivity contribution is -0.136. The van der Waals surface area contributed by atoms with Gasteiger partial charge in [0.05, 0.1) is 6.26 Å². The summed E-state index contributed by atoms with van der Waals surface area (Å²) >= 11 is 0. The minimum atomic E-state index is -3.75. The predicted octanol–water partition coefficient (Wildman–Crippen LogP) is 0.140. The minimum absolute atomic E-state index is 0.105. The monoisotopic (exact) mass is 440 g/mol. The molecule has 158 valence electrons. The van der Waals surface area contributed by atoms with Crippen LogP contribution in [0.2, 0.25) is 0 Å². The van der Waals surface area contributed by atoms with E-state index in [-0.39, 0.29) is 16.8 Å². The van der Waals surface area contributed by atoms with Crippen molar-refractivity contribution in [1.82, 2.24) is 14.5 Å². The van der Waals surface area contributed by atoms with E-state index in [4.69, 9.17) is 0 Å². The van der Waals surface area contributed by atoms with Gasteiger partial charge in [-0.3, -0.25) is 4.79 Å². The van der Waals surface area contributed by atoms with E-state index in [1.54, 1.807) is 28.0 Å². The highest BCUT2D eigenvalue weighted by Gasteiger charge is 2.41. The molecule has 3 heterocycles. The normalized spacial score (nSPS) is 26.3. The summed E-state index contributed by atoms with van der Waals surface area (Å²) in [5.41, 5.74) is 0.530. The van der Waals surface area contributed by atoms with Crippen LogP contribution in [0.15, 0.2) is 33.6 Å². The summed E-state index contributed by atoms with van der Waals surface area (Å²) in [5, 5.41) is 0. The van der Waals surface area contributed by atoms with E-state index < -0.39 is 26.1 Å². The molecular formula is C18H24N4O5S2. The second-order valence-electron chi connectivity index (χ2n) is 7.75. The van der Waals surface area contributed by atoms with Crippen LogP contribution in [0.5, 0.6) is 0 Å². The largest absolute Gasteiger partial charge is 0.343 e. The fraction of sp³-hybridized carbons (Fsp3) is 0.556. The summed E-state index contributed by atoms with van der Waals surface area (Å²) in [6.07, 6.45) is 3.88. The van der Waals surface area contributed by atoms with Gasteiger partial charge >= 0.3 is 0 Å². The first-order valence-corrected chi connectivity index (χ1v) is 13.0. The standard InChI is InChI=1S/C18H24N4O5S2/c1-28(24,25)19-13-6-4-10-21(12-13)18(23)15-8-5-11-22(15)17-14-7-2-3-9-16(14)29(26,27)20-17/h2-3,7,9,13,15,19H,4-6,8,10-12H2,1H3/t13?,15-/m0/s1. The Morgan fingerprint density at radius 2 is 1.90 bits per heavy atom. The zero-order chi connectivity index (χ0) is 20.8. The van der Waals surface area contributed by atoms with Gasteiger partial charge in [0.2, 0.25) is 15.9 Å². The van der Waals surface area contributed by atoms with Gasteiger partial charge in [-0.1, -0.05) is 12.1 Å². The first kappa shape index (κ1) is 20.3. The molecule has 9 nitrogen and oxygen atoms in total. The molecule has 4 rings (SSSR count). The third-order valence-corrected chi connectivity index (χ3v) is 7.62. The van der Waals surface area contributed by atoms with Gasteiger partial charge in [0, 0.05) is 31.2 Å². The molecule has 1 N–H and O–H groups in total. The van der Waals surface area contributed by atoms with Crippen molar-refractivity contribution < 1.29 is 21.6 Å². The molecule has 0 saturated carbocycles. The highest BCUT2D eigenvalue weighted by Crippen LogP contribution is 2.32.